The van der Waals surface area contributed by atoms with E-state index in [-0.39, 0.29) is 29.9 Å². The molecule has 0 aromatic heterocycles. The predicted molar refractivity (Wildman–Crippen MR) is 74.7 cm³/mol. The first-order valence-electron chi connectivity index (χ1n) is 6.19. The summed E-state index contributed by atoms with van der Waals surface area (Å²) in [4.78, 5) is 11.5. The monoisotopic (exact) mass is 301 g/mol. The SMILES string of the molecule is O=C(CCS(=O)(=O)Cc1ccccc1Cl)NC1CC1. The van der Waals surface area contributed by atoms with E-state index >= 15 is 0 Å². The van der Waals surface area contributed by atoms with Crippen LogP contribution in [-0.2, 0) is 20.4 Å². The number of hydrogen-bond acceptors (Lipinski definition) is 3. The largest absolute Gasteiger partial charge is 0.353 e. The maximum atomic E-state index is 11.9. The topological polar surface area (TPSA) is 63.2 Å². The Kier molecular flexibility index (Phi) is 4.47. The lowest BCUT2D eigenvalue weighted by Crippen LogP contribution is -2.27. The molecule has 1 saturated carbocycles. The first-order chi connectivity index (χ1) is 8.96. The molecule has 1 aromatic rings. The molecule has 1 fully saturated rings. The molecule has 1 amide bonds. The maximum Gasteiger partial charge on any atom is 0.221 e. The molecule has 0 heterocycles. The molecule has 0 aliphatic heterocycles. The molecule has 1 aromatic carbocycles. The van der Waals surface area contributed by atoms with Crippen molar-refractivity contribution in [1.29, 1.82) is 0 Å². The second kappa shape index (κ2) is 5.92. The van der Waals surface area contributed by atoms with Crippen LogP contribution in [0.25, 0.3) is 0 Å². The lowest BCUT2D eigenvalue weighted by Gasteiger charge is -2.06. The van der Waals surface area contributed by atoms with Gasteiger partial charge in [-0.3, -0.25) is 4.79 Å². The lowest BCUT2D eigenvalue weighted by molar-refractivity contribution is -0.120. The molecule has 0 atom stereocenters. The van der Waals surface area contributed by atoms with E-state index in [1.165, 1.54) is 0 Å². The molecule has 0 spiro atoms. The highest BCUT2D eigenvalue weighted by Crippen LogP contribution is 2.20. The summed E-state index contributed by atoms with van der Waals surface area (Å²) in [5, 5.41) is 3.21. The summed E-state index contributed by atoms with van der Waals surface area (Å²) >= 11 is 5.93. The fraction of sp³-hybridized carbons (Fsp3) is 0.462. The summed E-state index contributed by atoms with van der Waals surface area (Å²) in [6.07, 6.45) is 2.01. The Bertz CT molecular complexity index is 567. The van der Waals surface area contributed by atoms with Crippen LogP contribution in [0.1, 0.15) is 24.8 Å². The third-order valence-electron chi connectivity index (χ3n) is 2.92. The van der Waals surface area contributed by atoms with Crippen molar-refractivity contribution < 1.29 is 13.2 Å². The Labute approximate surface area is 118 Å². The average molecular weight is 302 g/mol. The number of hydrogen-bond donors (Lipinski definition) is 1. The number of benzene rings is 1. The zero-order valence-corrected chi connectivity index (χ0v) is 12.0. The number of nitrogens with one attached hydrogen (secondary N) is 1. The van der Waals surface area contributed by atoms with Gasteiger partial charge in [-0.05, 0) is 24.5 Å². The molecule has 0 bridgehead atoms. The minimum absolute atomic E-state index is 0.0171. The van der Waals surface area contributed by atoms with Gasteiger partial charge in [0.2, 0.25) is 5.91 Å². The van der Waals surface area contributed by atoms with Crippen LogP contribution in [-0.4, -0.2) is 26.1 Å². The molecule has 1 aliphatic carbocycles. The molecule has 0 radical (unpaired) electrons. The average Bonchev–Trinajstić information content (AvgIpc) is 3.14. The third kappa shape index (κ3) is 4.84. The Hall–Kier alpha value is -1.07. The quantitative estimate of drug-likeness (QED) is 0.873. The van der Waals surface area contributed by atoms with Gasteiger partial charge in [0.15, 0.2) is 9.84 Å². The molecule has 0 saturated heterocycles. The van der Waals surface area contributed by atoms with Crippen molar-refractivity contribution in [2.24, 2.45) is 0 Å². The van der Waals surface area contributed by atoms with E-state index in [1.807, 2.05) is 0 Å². The normalized spacial score (nSPS) is 15.2. The summed E-state index contributed by atoms with van der Waals surface area (Å²) in [7, 11) is -3.31. The van der Waals surface area contributed by atoms with Gasteiger partial charge in [-0.25, -0.2) is 8.42 Å². The van der Waals surface area contributed by atoms with Crippen molar-refractivity contribution in [2.75, 3.05) is 5.75 Å². The van der Waals surface area contributed by atoms with Crippen molar-refractivity contribution in [3.8, 4) is 0 Å². The highest BCUT2D eigenvalue weighted by Gasteiger charge is 2.24. The smallest absolute Gasteiger partial charge is 0.221 e. The Morgan fingerprint density at radius 2 is 2.00 bits per heavy atom. The van der Waals surface area contributed by atoms with Crippen molar-refractivity contribution >= 4 is 27.3 Å². The van der Waals surface area contributed by atoms with Crippen molar-refractivity contribution in [3.63, 3.8) is 0 Å². The summed E-state index contributed by atoms with van der Waals surface area (Å²) in [6.45, 7) is 0. The highest BCUT2D eigenvalue weighted by molar-refractivity contribution is 7.90. The molecule has 4 nitrogen and oxygen atoms in total. The van der Waals surface area contributed by atoms with E-state index in [9.17, 15) is 13.2 Å². The first kappa shape index (κ1) is 14.3. The van der Waals surface area contributed by atoms with Crippen LogP contribution in [0.5, 0.6) is 0 Å². The second-order valence-corrected chi connectivity index (χ2v) is 7.37. The molecule has 6 heteroatoms. The zero-order valence-electron chi connectivity index (χ0n) is 10.4. The van der Waals surface area contributed by atoms with E-state index in [1.54, 1.807) is 24.3 Å². The summed E-state index contributed by atoms with van der Waals surface area (Å²) in [5.41, 5.74) is 0.576. The van der Waals surface area contributed by atoms with E-state index in [0.717, 1.165) is 12.8 Å². The van der Waals surface area contributed by atoms with Crippen LogP contribution in [0.2, 0.25) is 5.02 Å². The Morgan fingerprint density at radius 1 is 1.32 bits per heavy atom. The number of amides is 1. The van der Waals surface area contributed by atoms with Crippen LogP contribution < -0.4 is 5.32 Å². The Morgan fingerprint density at radius 3 is 2.63 bits per heavy atom. The van der Waals surface area contributed by atoms with E-state index in [2.05, 4.69) is 5.32 Å². The third-order valence-corrected chi connectivity index (χ3v) is 4.86. The van der Waals surface area contributed by atoms with Gasteiger partial charge in [0, 0.05) is 17.5 Å². The molecule has 19 heavy (non-hydrogen) atoms. The molecule has 1 aliphatic rings. The summed E-state index contributed by atoms with van der Waals surface area (Å²) < 4.78 is 23.8. The number of halogens is 1. The van der Waals surface area contributed by atoms with Gasteiger partial charge in [-0.15, -0.1) is 0 Å². The number of rotatable bonds is 6. The number of sulfone groups is 1. The van der Waals surface area contributed by atoms with Gasteiger partial charge in [0.25, 0.3) is 0 Å². The minimum Gasteiger partial charge on any atom is -0.353 e. The minimum atomic E-state index is -3.31. The van der Waals surface area contributed by atoms with Crippen molar-refractivity contribution in [3.05, 3.63) is 34.9 Å². The number of carbonyl (C=O) groups excluding carboxylic acids is 1. The van der Waals surface area contributed by atoms with Crippen LogP contribution in [0.4, 0.5) is 0 Å². The molecular weight excluding hydrogens is 286 g/mol. The van der Waals surface area contributed by atoms with Crippen LogP contribution in [0.3, 0.4) is 0 Å². The van der Waals surface area contributed by atoms with Crippen LogP contribution in [0, 0.1) is 0 Å². The molecule has 1 N–H and O–H groups in total. The maximum absolute atomic E-state index is 11.9. The molecule has 2 rings (SSSR count). The van der Waals surface area contributed by atoms with E-state index in [0.29, 0.717) is 10.6 Å². The fourth-order valence-electron chi connectivity index (χ4n) is 1.70. The fourth-order valence-corrected chi connectivity index (χ4v) is 3.35. The Balaban J connectivity index is 1.87. The summed E-state index contributed by atoms with van der Waals surface area (Å²) in [5.74, 6) is -0.453. The highest BCUT2D eigenvalue weighted by atomic mass is 35.5. The van der Waals surface area contributed by atoms with Gasteiger partial charge in [0.05, 0.1) is 11.5 Å². The van der Waals surface area contributed by atoms with Gasteiger partial charge in [0.1, 0.15) is 0 Å². The molecule has 104 valence electrons. The van der Waals surface area contributed by atoms with Crippen LogP contribution in [0.15, 0.2) is 24.3 Å². The van der Waals surface area contributed by atoms with Gasteiger partial charge < -0.3 is 5.32 Å². The van der Waals surface area contributed by atoms with Gasteiger partial charge >= 0.3 is 0 Å². The molecular formula is C13H16ClNO3S. The summed E-state index contributed by atoms with van der Waals surface area (Å²) in [6, 6.07) is 7.10. The van der Waals surface area contributed by atoms with Gasteiger partial charge in [-0.1, -0.05) is 29.8 Å². The van der Waals surface area contributed by atoms with Crippen molar-refractivity contribution in [2.45, 2.75) is 31.1 Å². The van der Waals surface area contributed by atoms with Gasteiger partial charge in [-0.2, -0.15) is 0 Å². The zero-order chi connectivity index (χ0) is 13.9. The standard InChI is InChI=1S/C13H16ClNO3S/c14-12-4-2-1-3-10(12)9-19(17,18)8-7-13(16)15-11-5-6-11/h1-4,11H,5-9H2,(H,15,16). The first-order valence-corrected chi connectivity index (χ1v) is 8.39. The molecule has 0 unspecified atom stereocenters. The van der Waals surface area contributed by atoms with E-state index < -0.39 is 9.84 Å². The number of carbonyl (C=O) groups is 1. The van der Waals surface area contributed by atoms with E-state index in [4.69, 9.17) is 11.6 Å². The van der Waals surface area contributed by atoms with Crippen molar-refractivity contribution in [1.82, 2.24) is 5.32 Å². The van der Waals surface area contributed by atoms with Crippen LogP contribution >= 0.6 is 11.6 Å². The second-order valence-electron chi connectivity index (χ2n) is 4.78. The lowest BCUT2D eigenvalue weighted by atomic mass is 10.2. The predicted octanol–water partition coefficient (Wildman–Crippen LogP) is 1.92.